The number of para-hydroxylation sites is 1. The van der Waals surface area contributed by atoms with Gasteiger partial charge in [0.15, 0.2) is 0 Å². The lowest BCUT2D eigenvalue weighted by Gasteiger charge is -2.07. The van der Waals surface area contributed by atoms with Crippen molar-refractivity contribution < 1.29 is 14.6 Å². The first-order valence-electron chi connectivity index (χ1n) is 4.38. The third-order valence-corrected chi connectivity index (χ3v) is 1.71. The van der Waals surface area contributed by atoms with Crippen LogP contribution in [0.25, 0.3) is 0 Å². The largest absolute Gasteiger partial charge is 0.493 e. The van der Waals surface area contributed by atoms with Crippen LogP contribution in [-0.2, 0) is 0 Å². The average Bonchev–Trinajstić information content (AvgIpc) is 2.19. The summed E-state index contributed by atoms with van der Waals surface area (Å²) < 4.78 is 5.28. The number of aliphatic hydroxyl groups excluding tert-OH is 1. The fourth-order valence-electron chi connectivity index (χ4n) is 1.04. The summed E-state index contributed by atoms with van der Waals surface area (Å²) in [4.78, 5) is 10.9. The van der Waals surface area contributed by atoms with Gasteiger partial charge in [-0.05, 0) is 12.1 Å². The predicted molar refractivity (Wildman–Crippen MR) is 52.2 cm³/mol. The molecule has 0 saturated heterocycles. The molecule has 4 nitrogen and oxygen atoms in total. The van der Waals surface area contributed by atoms with E-state index in [1.807, 2.05) is 0 Å². The number of carbonyl (C=O) groups excluding carboxylic acids is 1. The van der Waals surface area contributed by atoms with Crippen LogP contribution in [0.2, 0.25) is 0 Å². The minimum absolute atomic E-state index is 0.0682. The zero-order valence-electron chi connectivity index (χ0n) is 7.77. The Morgan fingerprint density at radius 3 is 2.79 bits per heavy atom. The first kappa shape index (κ1) is 10.5. The normalized spacial score (nSPS) is 9.79. The minimum Gasteiger partial charge on any atom is -0.493 e. The lowest BCUT2D eigenvalue weighted by Crippen LogP contribution is -2.13. The van der Waals surface area contributed by atoms with Crippen LogP contribution < -0.4 is 10.5 Å². The zero-order chi connectivity index (χ0) is 10.4. The molecular formula is C10H13NO3. The Labute approximate surface area is 82.3 Å². The summed E-state index contributed by atoms with van der Waals surface area (Å²) in [5.41, 5.74) is 5.52. The predicted octanol–water partition coefficient (Wildman–Crippen LogP) is 0.547. The highest BCUT2D eigenvalue weighted by atomic mass is 16.5. The van der Waals surface area contributed by atoms with Crippen LogP contribution in [0.1, 0.15) is 16.8 Å². The van der Waals surface area contributed by atoms with Gasteiger partial charge in [-0.2, -0.15) is 0 Å². The van der Waals surface area contributed by atoms with Crippen LogP contribution in [-0.4, -0.2) is 24.2 Å². The van der Waals surface area contributed by atoms with Crippen LogP contribution in [0, 0.1) is 0 Å². The molecule has 0 aromatic heterocycles. The van der Waals surface area contributed by atoms with Crippen molar-refractivity contribution >= 4 is 5.91 Å². The van der Waals surface area contributed by atoms with E-state index in [0.29, 0.717) is 24.3 Å². The van der Waals surface area contributed by atoms with Gasteiger partial charge in [-0.15, -0.1) is 0 Å². The minimum atomic E-state index is -0.510. The molecule has 0 radical (unpaired) electrons. The fraction of sp³-hybridized carbons (Fsp3) is 0.300. The molecular weight excluding hydrogens is 182 g/mol. The van der Waals surface area contributed by atoms with E-state index in [2.05, 4.69) is 0 Å². The molecule has 0 saturated carbocycles. The van der Waals surface area contributed by atoms with Crippen molar-refractivity contribution in [3.8, 4) is 5.75 Å². The van der Waals surface area contributed by atoms with Crippen LogP contribution in [0.5, 0.6) is 5.75 Å². The van der Waals surface area contributed by atoms with Crippen LogP contribution >= 0.6 is 0 Å². The summed E-state index contributed by atoms with van der Waals surface area (Å²) >= 11 is 0. The lowest BCUT2D eigenvalue weighted by molar-refractivity contribution is 0.0996. The standard InChI is InChI=1S/C10H13NO3/c11-10(13)8-4-1-2-5-9(8)14-7-3-6-12/h1-2,4-5,12H,3,6-7H2,(H2,11,13). The summed E-state index contributed by atoms with van der Waals surface area (Å²) in [5, 5.41) is 8.55. The molecule has 1 aromatic carbocycles. The molecule has 14 heavy (non-hydrogen) atoms. The van der Waals surface area contributed by atoms with E-state index in [9.17, 15) is 4.79 Å². The second-order valence-electron chi connectivity index (χ2n) is 2.79. The highest BCUT2D eigenvalue weighted by molar-refractivity contribution is 5.95. The summed E-state index contributed by atoms with van der Waals surface area (Å²) in [5.74, 6) is -0.0435. The second kappa shape index (κ2) is 5.24. The molecule has 0 spiro atoms. The molecule has 3 N–H and O–H groups in total. The molecule has 0 aliphatic heterocycles. The van der Waals surface area contributed by atoms with Gasteiger partial charge in [0.2, 0.25) is 0 Å². The van der Waals surface area contributed by atoms with Gasteiger partial charge in [-0.1, -0.05) is 12.1 Å². The van der Waals surface area contributed by atoms with Gasteiger partial charge >= 0.3 is 0 Å². The fourth-order valence-corrected chi connectivity index (χ4v) is 1.04. The third kappa shape index (κ3) is 2.74. The van der Waals surface area contributed by atoms with Gasteiger partial charge in [-0.25, -0.2) is 0 Å². The number of hydrogen-bond acceptors (Lipinski definition) is 3. The van der Waals surface area contributed by atoms with Gasteiger partial charge in [0.1, 0.15) is 5.75 Å². The molecule has 0 bridgehead atoms. The SMILES string of the molecule is NC(=O)c1ccccc1OCCCO. The van der Waals surface area contributed by atoms with E-state index in [4.69, 9.17) is 15.6 Å². The van der Waals surface area contributed by atoms with Crippen molar-refractivity contribution in [1.82, 2.24) is 0 Å². The maximum absolute atomic E-state index is 10.9. The quantitative estimate of drug-likeness (QED) is 0.674. The average molecular weight is 195 g/mol. The molecule has 0 aliphatic carbocycles. The van der Waals surface area contributed by atoms with Crippen molar-refractivity contribution in [2.75, 3.05) is 13.2 Å². The molecule has 76 valence electrons. The number of rotatable bonds is 5. The molecule has 1 rings (SSSR count). The van der Waals surface area contributed by atoms with Gasteiger partial charge < -0.3 is 15.6 Å². The molecule has 0 unspecified atom stereocenters. The Hall–Kier alpha value is -1.55. The van der Waals surface area contributed by atoms with E-state index in [0.717, 1.165) is 0 Å². The third-order valence-electron chi connectivity index (χ3n) is 1.71. The molecule has 0 atom stereocenters. The Morgan fingerprint density at radius 2 is 2.14 bits per heavy atom. The van der Waals surface area contributed by atoms with Crippen LogP contribution in [0.15, 0.2) is 24.3 Å². The summed E-state index contributed by atoms with van der Waals surface area (Å²) in [6.45, 7) is 0.444. The van der Waals surface area contributed by atoms with Gasteiger partial charge in [0, 0.05) is 13.0 Å². The van der Waals surface area contributed by atoms with E-state index < -0.39 is 5.91 Å². The summed E-state index contributed by atoms with van der Waals surface area (Å²) in [7, 11) is 0. The van der Waals surface area contributed by atoms with Gasteiger partial charge in [0.25, 0.3) is 5.91 Å². The topological polar surface area (TPSA) is 72.6 Å². The summed E-state index contributed by atoms with van der Waals surface area (Å²) in [6, 6.07) is 6.77. The zero-order valence-corrected chi connectivity index (χ0v) is 7.77. The van der Waals surface area contributed by atoms with E-state index in [-0.39, 0.29) is 6.61 Å². The number of aliphatic hydroxyl groups is 1. The van der Waals surface area contributed by atoms with Crippen molar-refractivity contribution in [3.05, 3.63) is 29.8 Å². The Kier molecular flexibility index (Phi) is 3.94. The highest BCUT2D eigenvalue weighted by Crippen LogP contribution is 2.16. The van der Waals surface area contributed by atoms with Crippen LogP contribution in [0.4, 0.5) is 0 Å². The number of primary amides is 1. The monoisotopic (exact) mass is 195 g/mol. The van der Waals surface area contributed by atoms with Gasteiger partial charge in [0.05, 0.1) is 12.2 Å². The Morgan fingerprint density at radius 1 is 1.43 bits per heavy atom. The summed E-state index contributed by atoms with van der Waals surface area (Å²) in [6.07, 6.45) is 0.535. The lowest BCUT2D eigenvalue weighted by atomic mass is 10.2. The molecule has 1 amide bonds. The van der Waals surface area contributed by atoms with Crippen molar-refractivity contribution in [2.24, 2.45) is 5.73 Å². The number of nitrogens with two attached hydrogens (primary N) is 1. The van der Waals surface area contributed by atoms with Gasteiger partial charge in [-0.3, -0.25) is 4.79 Å². The first-order valence-corrected chi connectivity index (χ1v) is 4.38. The first-order chi connectivity index (χ1) is 6.75. The number of ether oxygens (including phenoxy) is 1. The molecule has 0 fully saturated rings. The van der Waals surface area contributed by atoms with Crippen molar-refractivity contribution in [2.45, 2.75) is 6.42 Å². The molecule has 1 aromatic rings. The highest BCUT2D eigenvalue weighted by Gasteiger charge is 2.07. The van der Waals surface area contributed by atoms with Crippen molar-refractivity contribution in [3.63, 3.8) is 0 Å². The van der Waals surface area contributed by atoms with E-state index in [1.54, 1.807) is 24.3 Å². The van der Waals surface area contributed by atoms with Crippen molar-refractivity contribution in [1.29, 1.82) is 0 Å². The number of hydrogen-bond donors (Lipinski definition) is 2. The van der Waals surface area contributed by atoms with E-state index in [1.165, 1.54) is 0 Å². The Bertz CT molecular complexity index is 312. The smallest absolute Gasteiger partial charge is 0.252 e. The molecule has 0 aliphatic rings. The maximum atomic E-state index is 10.9. The number of benzene rings is 1. The molecule has 4 heteroatoms. The van der Waals surface area contributed by atoms with E-state index >= 15 is 0 Å². The maximum Gasteiger partial charge on any atom is 0.252 e. The number of carbonyl (C=O) groups is 1. The molecule has 0 heterocycles. The Balaban J connectivity index is 2.69. The number of amides is 1. The van der Waals surface area contributed by atoms with Crippen LogP contribution in [0.3, 0.4) is 0 Å². The second-order valence-corrected chi connectivity index (χ2v) is 2.79.